The minimum absolute atomic E-state index is 0.0171. The van der Waals surface area contributed by atoms with Crippen LogP contribution in [-0.2, 0) is 19.2 Å². The number of halogens is 2. The highest BCUT2D eigenvalue weighted by Gasteiger charge is 2.74. The maximum atomic E-state index is 16.8. The number of aliphatic hydroxyl groups is 6. The zero-order valence-electron chi connectivity index (χ0n) is 31.7. The van der Waals surface area contributed by atoms with Crippen LogP contribution in [0.15, 0.2) is 35.5 Å². The van der Waals surface area contributed by atoms with Crippen LogP contribution in [0, 0.1) is 51.2 Å². The summed E-state index contributed by atoms with van der Waals surface area (Å²) >= 11 is 0. The minimum Gasteiger partial charge on any atom is -0.393 e. The summed E-state index contributed by atoms with van der Waals surface area (Å²) in [6, 6.07) is 0. The summed E-state index contributed by atoms with van der Waals surface area (Å²) in [4.78, 5) is 48.4. The van der Waals surface area contributed by atoms with Crippen LogP contribution in [0.5, 0.6) is 0 Å². The largest absolute Gasteiger partial charge is 0.393 e. The fourth-order valence-corrected chi connectivity index (χ4v) is 14.1. The molecule has 15 atom stereocenters. The van der Waals surface area contributed by atoms with Gasteiger partial charge in [-0.15, -0.1) is 0 Å². The van der Waals surface area contributed by atoms with E-state index in [2.05, 4.69) is 0 Å². The van der Waals surface area contributed by atoms with Gasteiger partial charge < -0.3 is 30.6 Å². The van der Waals surface area contributed by atoms with E-state index in [0.717, 1.165) is 5.57 Å². The van der Waals surface area contributed by atoms with Crippen molar-refractivity contribution in [2.24, 2.45) is 51.2 Å². The molecule has 6 fully saturated rings. The lowest BCUT2D eigenvalue weighted by molar-refractivity contribution is -0.226. The van der Waals surface area contributed by atoms with Gasteiger partial charge in [-0.05, 0) is 106 Å². The second kappa shape index (κ2) is 12.8. The molecule has 0 unspecified atom stereocenters. The van der Waals surface area contributed by atoms with Crippen LogP contribution in [0.4, 0.5) is 8.78 Å². The lowest BCUT2D eigenvalue weighted by Gasteiger charge is -2.63. The Kier molecular flexibility index (Phi) is 9.39. The van der Waals surface area contributed by atoms with Crippen molar-refractivity contribution < 1.29 is 58.6 Å². The minimum atomic E-state index is -1.88. The molecule has 8 aliphatic carbocycles. The average molecular weight is 759 g/mol. The molecular weight excluding hydrogens is 702 g/mol. The fourth-order valence-electron chi connectivity index (χ4n) is 14.1. The monoisotopic (exact) mass is 758 g/mol. The Morgan fingerprint density at radius 2 is 1.41 bits per heavy atom. The lowest BCUT2D eigenvalue weighted by Crippen LogP contribution is -2.69. The van der Waals surface area contributed by atoms with Gasteiger partial charge in [0.05, 0.1) is 12.2 Å². The van der Waals surface area contributed by atoms with E-state index in [1.807, 2.05) is 13.8 Å². The number of hydrogen-bond donors (Lipinski definition) is 6. The molecule has 54 heavy (non-hydrogen) atoms. The van der Waals surface area contributed by atoms with Gasteiger partial charge in [0, 0.05) is 39.9 Å². The van der Waals surface area contributed by atoms with Crippen LogP contribution >= 0.6 is 0 Å². The number of aliphatic hydroxyl groups excluding tert-OH is 4. The number of alkyl halides is 2. The van der Waals surface area contributed by atoms with Crippen molar-refractivity contribution in [1.29, 1.82) is 0 Å². The number of rotatable bonds is 4. The molecule has 10 nitrogen and oxygen atoms in total. The normalized spacial score (nSPS) is 51.6. The summed E-state index contributed by atoms with van der Waals surface area (Å²) in [5, 5.41) is 63.1. The van der Waals surface area contributed by atoms with E-state index in [9.17, 15) is 49.8 Å². The van der Waals surface area contributed by atoms with Crippen LogP contribution in [0.3, 0.4) is 0 Å². The van der Waals surface area contributed by atoms with E-state index < -0.39 is 87.6 Å². The molecule has 0 bridgehead atoms. The van der Waals surface area contributed by atoms with Crippen LogP contribution in [-0.4, -0.2) is 102 Å². The molecule has 0 aromatic heterocycles. The third-order valence-corrected chi connectivity index (χ3v) is 17.0. The Morgan fingerprint density at radius 1 is 0.815 bits per heavy atom. The number of hydrogen-bond acceptors (Lipinski definition) is 10. The Hall–Kier alpha value is -2.48. The van der Waals surface area contributed by atoms with Gasteiger partial charge in [0.2, 0.25) is 0 Å². The lowest BCUT2D eigenvalue weighted by atomic mass is 9.44. The third-order valence-electron chi connectivity index (χ3n) is 17.0. The van der Waals surface area contributed by atoms with Gasteiger partial charge >= 0.3 is 0 Å². The maximum Gasteiger partial charge on any atom is 0.190 e. The molecule has 0 saturated heterocycles. The van der Waals surface area contributed by atoms with Crippen LogP contribution in [0.1, 0.15) is 98.3 Å². The van der Waals surface area contributed by atoms with E-state index in [1.165, 1.54) is 12.2 Å². The molecule has 8 rings (SSSR count). The summed E-state index contributed by atoms with van der Waals surface area (Å²) < 4.78 is 31.9. The number of allylic oxidation sites excluding steroid dienone is 5. The van der Waals surface area contributed by atoms with Crippen molar-refractivity contribution in [2.45, 2.75) is 134 Å². The Labute approximate surface area is 314 Å². The highest BCUT2D eigenvalue weighted by atomic mass is 19.1. The molecule has 0 aromatic rings. The van der Waals surface area contributed by atoms with Gasteiger partial charge in [0.15, 0.2) is 23.1 Å². The number of carbonyl (C=O) groups excluding carboxylic acids is 4. The molecule has 6 N–H and O–H groups in total. The third kappa shape index (κ3) is 4.95. The van der Waals surface area contributed by atoms with E-state index in [4.69, 9.17) is 0 Å². The standard InChI is InChI=1S/C21H27FO5.C21H29FO5/c1-19-5-3-11(24)7-14(19)15(22)8-12-13-4-6-21(27,17(26)10-23)20(13,2)9-16(25)18(12)19;1-18-7-5-13(24)9-12(18)3-4-15-14-6-8-20(27,17(26)11-23)19(14,2)10-16(25)21(15,18)22/h3,5,7,12-13,15-16,18,23,25,27H,4,6,8-10H2,1-2H3;9,14-16,23,25,27H,3-8,10-11H2,1-2H3/t12-,13-,15-,16-,18+,19-,20-,21-;14-,15-,16-,18-,19-,20-,21-/m00/s1. The summed E-state index contributed by atoms with van der Waals surface area (Å²) in [5.74, 6) is -2.83. The van der Waals surface area contributed by atoms with Gasteiger partial charge in [0.25, 0.3) is 0 Å². The summed E-state index contributed by atoms with van der Waals surface area (Å²) in [5.41, 5.74) is -7.60. The van der Waals surface area contributed by atoms with Crippen LogP contribution in [0.2, 0.25) is 0 Å². The molecule has 6 saturated carbocycles. The highest BCUT2D eigenvalue weighted by Crippen LogP contribution is 2.71. The summed E-state index contributed by atoms with van der Waals surface area (Å²) in [6.07, 6.45) is 6.20. The zero-order valence-corrected chi connectivity index (χ0v) is 31.7. The summed E-state index contributed by atoms with van der Waals surface area (Å²) in [6.45, 7) is 5.75. The zero-order chi connectivity index (χ0) is 39.6. The smallest absolute Gasteiger partial charge is 0.190 e. The average Bonchev–Trinajstić information content (AvgIpc) is 3.55. The Balaban J connectivity index is 0.000000167. The van der Waals surface area contributed by atoms with Crippen molar-refractivity contribution in [1.82, 2.24) is 0 Å². The number of carbonyl (C=O) groups is 4. The second-order valence-electron chi connectivity index (χ2n) is 18.9. The van der Waals surface area contributed by atoms with Crippen molar-refractivity contribution in [3.63, 3.8) is 0 Å². The first-order chi connectivity index (χ1) is 25.1. The molecule has 0 aromatic carbocycles. The number of Topliss-reactive ketones (excluding diaryl/α,β-unsaturated/α-hetero) is 2. The first-order valence-electron chi connectivity index (χ1n) is 19.7. The molecular formula is C42H56F2O10. The number of ketones is 4. The molecule has 0 spiro atoms. The van der Waals surface area contributed by atoms with E-state index in [0.29, 0.717) is 37.7 Å². The quantitative estimate of drug-likeness (QED) is 0.248. The van der Waals surface area contributed by atoms with Gasteiger partial charge in [-0.3, -0.25) is 19.2 Å². The molecule has 12 heteroatoms. The van der Waals surface area contributed by atoms with Crippen LogP contribution in [0.25, 0.3) is 0 Å². The molecule has 0 radical (unpaired) electrons. The van der Waals surface area contributed by atoms with Crippen molar-refractivity contribution in [3.05, 3.63) is 35.5 Å². The van der Waals surface area contributed by atoms with Crippen molar-refractivity contribution >= 4 is 23.1 Å². The van der Waals surface area contributed by atoms with Gasteiger partial charge in [-0.1, -0.05) is 39.3 Å². The second-order valence-corrected chi connectivity index (χ2v) is 18.9. The molecule has 0 aliphatic heterocycles. The first kappa shape index (κ1) is 39.7. The SMILES string of the molecule is C[C@]12C=CC(=O)C=C1[C@@H](F)C[C@@H]1[C@@H]2[C@@H](O)C[C@@]2(C)[C@H]1CC[C@]2(O)C(=O)CO.C[C@]12CCC(=O)C=C1CC[C@H]1[C@@H]3CC[C@](O)(C(=O)CO)[C@@]3(C)C[C@H](O)[C@@]12F. The van der Waals surface area contributed by atoms with E-state index in [1.54, 1.807) is 26.0 Å². The van der Waals surface area contributed by atoms with E-state index >= 15 is 8.78 Å². The highest BCUT2D eigenvalue weighted by molar-refractivity contribution is 6.01. The topological polar surface area (TPSA) is 190 Å². The van der Waals surface area contributed by atoms with E-state index in [-0.39, 0.29) is 73.8 Å². The Bertz CT molecular complexity index is 1740. The van der Waals surface area contributed by atoms with Gasteiger partial charge in [-0.25, -0.2) is 8.78 Å². The molecule has 0 amide bonds. The first-order valence-corrected chi connectivity index (χ1v) is 19.7. The molecule has 8 aliphatic rings. The van der Waals surface area contributed by atoms with Gasteiger partial charge in [0.1, 0.15) is 36.3 Å². The van der Waals surface area contributed by atoms with Crippen molar-refractivity contribution in [2.75, 3.05) is 13.2 Å². The molecule has 298 valence electrons. The van der Waals surface area contributed by atoms with Crippen molar-refractivity contribution in [3.8, 4) is 0 Å². The summed E-state index contributed by atoms with van der Waals surface area (Å²) in [7, 11) is 0. The predicted molar refractivity (Wildman–Crippen MR) is 191 cm³/mol. The maximum absolute atomic E-state index is 16.8. The van der Waals surface area contributed by atoms with Crippen LogP contribution < -0.4 is 0 Å². The fraction of sp³-hybridized carbons (Fsp3) is 0.762. The number of fused-ring (bicyclic) bond motifs is 10. The Morgan fingerprint density at radius 3 is 2.02 bits per heavy atom. The molecule has 0 heterocycles. The van der Waals surface area contributed by atoms with Gasteiger partial charge in [-0.2, -0.15) is 0 Å². The predicted octanol–water partition coefficient (Wildman–Crippen LogP) is 3.38.